The highest BCUT2D eigenvalue weighted by molar-refractivity contribution is 5.71. The predicted octanol–water partition coefficient (Wildman–Crippen LogP) is 5.07. The molecule has 0 bridgehead atoms. The molecule has 1 saturated heterocycles. The number of fused-ring (bicyclic) bond motifs is 1. The number of halogens is 1. The molecule has 1 fully saturated rings. The van der Waals surface area contributed by atoms with Crippen LogP contribution in [0.5, 0.6) is 0 Å². The van der Waals surface area contributed by atoms with Gasteiger partial charge in [0.25, 0.3) is 0 Å². The first kappa shape index (κ1) is 19.9. The summed E-state index contributed by atoms with van der Waals surface area (Å²) in [6.45, 7) is 3.93. The molecule has 1 aliphatic rings. The van der Waals surface area contributed by atoms with Gasteiger partial charge in [0.05, 0.1) is 6.54 Å². The summed E-state index contributed by atoms with van der Waals surface area (Å²) in [7, 11) is 0. The summed E-state index contributed by atoms with van der Waals surface area (Å²) in [5.74, 6) is 1.50. The summed E-state index contributed by atoms with van der Waals surface area (Å²) < 4.78 is 15.5. The van der Waals surface area contributed by atoms with Crippen molar-refractivity contribution in [2.45, 2.75) is 32.4 Å². The maximum Gasteiger partial charge on any atom is 0.160 e. The van der Waals surface area contributed by atoms with Crippen molar-refractivity contribution >= 4 is 11.2 Å². The van der Waals surface area contributed by atoms with Gasteiger partial charge in [-0.3, -0.25) is 4.90 Å². The minimum atomic E-state index is -0.208. The molecule has 3 heterocycles. The molecule has 0 spiro atoms. The van der Waals surface area contributed by atoms with Crippen LogP contribution in [0.3, 0.4) is 0 Å². The predicted molar refractivity (Wildman–Crippen MR) is 121 cm³/mol. The second-order valence-corrected chi connectivity index (χ2v) is 8.50. The van der Waals surface area contributed by atoms with Crippen molar-refractivity contribution in [3.63, 3.8) is 0 Å². The van der Waals surface area contributed by atoms with Gasteiger partial charge in [-0.05, 0) is 67.2 Å². The highest BCUT2D eigenvalue weighted by Crippen LogP contribution is 2.25. The Hall–Kier alpha value is -3.05. The largest absolute Gasteiger partial charge is 0.308 e. The minimum Gasteiger partial charge on any atom is -0.308 e. The standard InChI is InChI=1S/C26H27FN4/c27-23-10-8-22(9-11-23)19-31-25(29-24-7-4-14-28-26(24)31)17-20-12-15-30(16-13-20)18-21-5-2-1-3-6-21/h1-11,14,20H,12-13,15-19H2. The fraction of sp³-hybridized carbons (Fsp3) is 0.308. The Morgan fingerprint density at radius 1 is 0.839 bits per heavy atom. The summed E-state index contributed by atoms with van der Waals surface area (Å²) >= 11 is 0. The summed E-state index contributed by atoms with van der Waals surface area (Å²) in [5, 5.41) is 0. The molecular formula is C26H27FN4. The molecule has 2 aromatic carbocycles. The summed E-state index contributed by atoms with van der Waals surface area (Å²) in [6.07, 6.45) is 5.13. The van der Waals surface area contributed by atoms with E-state index in [1.54, 1.807) is 0 Å². The molecule has 31 heavy (non-hydrogen) atoms. The number of pyridine rings is 1. The smallest absolute Gasteiger partial charge is 0.160 e. The van der Waals surface area contributed by atoms with E-state index in [2.05, 4.69) is 44.8 Å². The molecule has 0 amide bonds. The Bertz CT molecular complexity index is 1130. The van der Waals surface area contributed by atoms with E-state index in [9.17, 15) is 4.39 Å². The molecule has 1 aliphatic heterocycles. The average molecular weight is 415 g/mol. The van der Waals surface area contributed by atoms with Crippen LogP contribution in [0.4, 0.5) is 4.39 Å². The third-order valence-electron chi connectivity index (χ3n) is 6.26. The molecule has 0 radical (unpaired) electrons. The van der Waals surface area contributed by atoms with E-state index in [1.807, 2.05) is 30.5 Å². The van der Waals surface area contributed by atoms with Gasteiger partial charge in [-0.2, -0.15) is 0 Å². The number of benzene rings is 2. The molecule has 4 nitrogen and oxygen atoms in total. The molecule has 0 unspecified atom stereocenters. The fourth-order valence-corrected chi connectivity index (χ4v) is 4.55. The fourth-order valence-electron chi connectivity index (χ4n) is 4.55. The van der Waals surface area contributed by atoms with Crippen LogP contribution in [0, 0.1) is 11.7 Å². The molecule has 158 valence electrons. The number of piperidine rings is 1. The van der Waals surface area contributed by atoms with Gasteiger partial charge in [0.15, 0.2) is 5.65 Å². The van der Waals surface area contributed by atoms with Gasteiger partial charge < -0.3 is 4.57 Å². The second-order valence-electron chi connectivity index (χ2n) is 8.50. The normalized spacial score (nSPS) is 15.5. The van der Waals surface area contributed by atoms with E-state index in [4.69, 9.17) is 4.98 Å². The van der Waals surface area contributed by atoms with Gasteiger partial charge in [-0.25, -0.2) is 14.4 Å². The number of aromatic nitrogens is 3. The van der Waals surface area contributed by atoms with Crippen molar-refractivity contribution in [2.75, 3.05) is 13.1 Å². The van der Waals surface area contributed by atoms with Crippen LogP contribution in [0.2, 0.25) is 0 Å². The third-order valence-corrected chi connectivity index (χ3v) is 6.26. The zero-order valence-corrected chi connectivity index (χ0v) is 17.6. The molecule has 2 aromatic heterocycles. The molecule has 0 N–H and O–H groups in total. The van der Waals surface area contributed by atoms with Gasteiger partial charge in [-0.1, -0.05) is 42.5 Å². The van der Waals surface area contributed by atoms with Crippen molar-refractivity contribution < 1.29 is 4.39 Å². The number of hydrogen-bond donors (Lipinski definition) is 0. The number of nitrogens with zero attached hydrogens (tertiary/aromatic N) is 4. The lowest BCUT2D eigenvalue weighted by atomic mass is 9.93. The van der Waals surface area contributed by atoms with Crippen LogP contribution in [-0.4, -0.2) is 32.5 Å². The number of hydrogen-bond acceptors (Lipinski definition) is 3. The molecular weight excluding hydrogens is 387 g/mol. The lowest BCUT2D eigenvalue weighted by molar-refractivity contribution is 0.175. The number of likely N-dealkylation sites (tertiary alicyclic amines) is 1. The van der Waals surface area contributed by atoms with Crippen molar-refractivity contribution in [3.05, 3.63) is 95.7 Å². The van der Waals surface area contributed by atoms with Gasteiger partial charge in [0.2, 0.25) is 0 Å². The summed E-state index contributed by atoms with van der Waals surface area (Å²) in [6, 6.07) is 21.4. The van der Waals surface area contributed by atoms with Gasteiger partial charge in [0, 0.05) is 19.2 Å². The number of imidazole rings is 1. The van der Waals surface area contributed by atoms with E-state index in [-0.39, 0.29) is 5.82 Å². The maximum atomic E-state index is 13.3. The molecule has 5 rings (SSSR count). The van der Waals surface area contributed by atoms with Crippen molar-refractivity contribution in [2.24, 2.45) is 5.92 Å². The zero-order valence-electron chi connectivity index (χ0n) is 17.6. The van der Waals surface area contributed by atoms with E-state index in [1.165, 1.54) is 30.5 Å². The van der Waals surface area contributed by atoms with Crippen molar-refractivity contribution in [1.82, 2.24) is 19.4 Å². The lowest BCUT2D eigenvalue weighted by Crippen LogP contribution is -2.34. The SMILES string of the molecule is Fc1ccc(Cn2c(CC3CCN(Cc4ccccc4)CC3)nc3cccnc32)cc1. The van der Waals surface area contributed by atoms with Crippen LogP contribution in [-0.2, 0) is 19.5 Å². The van der Waals surface area contributed by atoms with Crippen LogP contribution in [0.15, 0.2) is 72.9 Å². The van der Waals surface area contributed by atoms with E-state index >= 15 is 0 Å². The Morgan fingerprint density at radius 2 is 1.58 bits per heavy atom. The minimum absolute atomic E-state index is 0.208. The molecule has 0 aliphatic carbocycles. The number of rotatable bonds is 6. The molecule has 4 aromatic rings. The van der Waals surface area contributed by atoms with Crippen molar-refractivity contribution in [1.29, 1.82) is 0 Å². The van der Waals surface area contributed by atoms with Crippen LogP contribution >= 0.6 is 0 Å². The van der Waals surface area contributed by atoms with Crippen LogP contribution < -0.4 is 0 Å². The maximum absolute atomic E-state index is 13.3. The summed E-state index contributed by atoms with van der Waals surface area (Å²) in [5.41, 5.74) is 4.28. The van der Waals surface area contributed by atoms with Crippen LogP contribution in [0.1, 0.15) is 29.8 Å². The molecule has 5 heteroatoms. The monoisotopic (exact) mass is 414 g/mol. The second kappa shape index (κ2) is 8.98. The van der Waals surface area contributed by atoms with E-state index in [0.717, 1.165) is 48.6 Å². The first-order valence-corrected chi connectivity index (χ1v) is 11.1. The van der Waals surface area contributed by atoms with Crippen molar-refractivity contribution in [3.8, 4) is 0 Å². The quantitative estimate of drug-likeness (QED) is 0.442. The summed E-state index contributed by atoms with van der Waals surface area (Å²) in [4.78, 5) is 12.1. The third kappa shape index (κ3) is 4.67. The lowest BCUT2D eigenvalue weighted by Gasteiger charge is -2.32. The average Bonchev–Trinajstić information content (AvgIpc) is 3.14. The van der Waals surface area contributed by atoms with Gasteiger partial charge in [-0.15, -0.1) is 0 Å². The Kier molecular flexibility index (Phi) is 5.76. The van der Waals surface area contributed by atoms with Gasteiger partial charge in [0.1, 0.15) is 17.2 Å². The van der Waals surface area contributed by atoms with Crippen LogP contribution in [0.25, 0.3) is 11.2 Å². The Morgan fingerprint density at radius 3 is 2.35 bits per heavy atom. The topological polar surface area (TPSA) is 34.0 Å². The van der Waals surface area contributed by atoms with E-state index in [0.29, 0.717) is 12.5 Å². The molecule has 0 saturated carbocycles. The first-order chi connectivity index (χ1) is 15.2. The zero-order chi connectivity index (χ0) is 21.0. The van der Waals surface area contributed by atoms with E-state index < -0.39 is 0 Å². The Labute approximate surface area is 182 Å². The Balaban J connectivity index is 1.29. The van der Waals surface area contributed by atoms with Gasteiger partial charge >= 0.3 is 0 Å². The first-order valence-electron chi connectivity index (χ1n) is 11.1. The highest BCUT2D eigenvalue weighted by Gasteiger charge is 2.22. The molecule has 0 atom stereocenters. The highest BCUT2D eigenvalue weighted by atomic mass is 19.1.